The number of hydrogen-bond acceptors (Lipinski definition) is 6. The van der Waals surface area contributed by atoms with Gasteiger partial charge < -0.3 is 4.84 Å². The molecule has 1 fully saturated rings. The van der Waals surface area contributed by atoms with Crippen molar-refractivity contribution in [1.82, 2.24) is 19.8 Å². The second-order valence-corrected chi connectivity index (χ2v) is 7.62. The predicted octanol–water partition coefficient (Wildman–Crippen LogP) is 3.26. The van der Waals surface area contributed by atoms with Gasteiger partial charge >= 0.3 is 5.97 Å². The SMILES string of the molecule is CC(C)n1ncc2c(C(=O)ON3C(=O)c4ccccc4C3=O)cc(C3CC3)nc21. The topological polar surface area (TPSA) is 94.4 Å². The summed E-state index contributed by atoms with van der Waals surface area (Å²) in [5.41, 5.74) is 2.08. The molecule has 8 heteroatoms. The molecule has 0 saturated heterocycles. The molecule has 2 amide bonds. The van der Waals surface area contributed by atoms with Crippen LogP contribution in [0.25, 0.3) is 11.0 Å². The first-order chi connectivity index (χ1) is 14.0. The largest absolute Gasteiger partial charge is 0.364 e. The molecule has 0 atom stereocenters. The van der Waals surface area contributed by atoms with Crippen molar-refractivity contribution in [1.29, 1.82) is 0 Å². The molecule has 0 radical (unpaired) electrons. The Balaban J connectivity index is 1.53. The normalized spacial score (nSPS) is 16.0. The van der Waals surface area contributed by atoms with Gasteiger partial charge in [-0.05, 0) is 44.9 Å². The summed E-state index contributed by atoms with van der Waals surface area (Å²) < 4.78 is 1.75. The number of carbonyl (C=O) groups excluding carboxylic acids is 3. The van der Waals surface area contributed by atoms with E-state index in [0.717, 1.165) is 18.5 Å². The van der Waals surface area contributed by atoms with Crippen molar-refractivity contribution < 1.29 is 19.2 Å². The van der Waals surface area contributed by atoms with Gasteiger partial charge in [0.25, 0.3) is 11.8 Å². The van der Waals surface area contributed by atoms with Gasteiger partial charge in [0.05, 0.1) is 28.3 Å². The maximum Gasteiger partial charge on any atom is 0.364 e. The van der Waals surface area contributed by atoms with E-state index in [-0.39, 0.29) is 22.7 Å². The fourth-order valence-corrected chi connectivity index (χ4v) is 3.55. The Labute approximate surface area is 166 Å². The molecule has 2 aromatic heterocycles. The van der Waals surface area contributed by atoms with Gasteiger partial charge in [-0.3, -0.25) is 9.59 Å². The molecule has 5 rings (SSSR count). The highest BCUT2D eigenvalue weighted by molar-refractivity contribution is 6.21. The van der Waals surface area contributed by atoms with Gasteiger partial charge in [-0.15, -0.1) is 0 Å². The molecule has 1 aromatic carbocycles. The van der Waals surface area contributed by atoms with Crippen LogP contribution in [-0.4, -0.2) is 37.6 Å². The number of rotatable bonds is 4. The Morgan fingerprint density at radius 1 is 1.14 bits per heavy atom. The van der Waals surface area contributed by atoms with Gasteiger partial charge in [0, 0.05) is 17.7 Å². The van der Waals surface area contributed by atoms with Gasteiger partial charge in [0.2, 0.25) is 0 Å². The molecule has 1 saturated carbocycles. The first kappa shape index (κ1) is 17.5. The van der Waals surface area contributed by atoms with Gasteiger partial charge in [-0.1, -0.05) is 17.2 Å². The summed E-state index contributed by atoms with van der Waals surface area (Å²) in [6.07, 6.45) is 3.60. The van der Waals surface area contributed by atoms with E-state index in [1.54, 1.807) is 29.1 Å². The highest BCUT2D eigenvalue weighted by atomic mass is 16.7. The lowest BCUT2D eigenvalue weighted by atomic mass is 10.1. The van der Waals surface area contributed by atoms with Crippen molar-refractivity contribution in [2.45, 2.75) is 38.6 Å². The monoisotopic (exact) mass is 390 g/mol. The number of benzene rings is 1. The van der Waals surface area contributed by atoms with E-state index in [4.69, 9.17) is 9.82 Å². The molecular formula is C21H18N4O4. The van der Waals surface area contributed by atoms with Gasteiger partial charge in [0.15, 0.2) is 5.65 Å². The number of amides is 2. The number of imide groups is 1. The minimum atomic E-state index is -0.780. The van der Waals surface area contributed by atoms with E-state index >= 15 is 0 Å². The number of pyridine rings is 1. The van der Waals surface area contributed by atoms with E-state index in [9.17, 15) is 14.4 Å². The molecule has 0 spiro atoms. The van der Waals surface area contributed by atoms with E-state index in [1.807, 2.05) is 13.8 Å². The number of hydroxylamine groups is 2. The number of carbonyl (C=O) groups is 3. The number of hydrogen-bond donors (Lipinski definition) is 0. The van der Waals surface area contributed by atoms with E-state index in [1.165, 1.54) is 12.1 Å². The number of nitrogens with zero attached hydrogens (tertiary/aromatic N) is 4. The molecule has 1 aliphatic carbocycles. The van der Waals surface area contributed by atoms with Crippen LogP contribution in [0.5, 0.6) is 0 Å². The maximum absolute atomic E-state index is 13.0. The third kappa shape index (κ3) is 2.71. The molecule has 146 valence electrons. The lowest BCUT2D eigenvalue weighted by molar-refractivity contribution is -0.0583. The van der Waals surface area contributed by atoms with E-state index in [2.05, 4.69) is 5.10 Å². The summed E-state index contributed by atoms with van der Waals surface area (Å²) in [4.78, 5) is 48.0. The molecule has 29 heavy (non-hydrogen) atoms. The zero-order valence-corrected chi connectivity index (χ0v) is 16.0. The first-order valence-corrected chi connectivity index (χ1v) is 9.54. The zero-order chi connectivity index (χ0) is 20.3. The summed E-state index contributed by atoms with van der Waals surface area (Å²) >= 11 is 0. The fraction of sp³-hybridized carbons (Fsp3) is 0.286. The second kappa shape index (κ2) is 6.23. The van der Waals surface area contributed by atoms with Crippen LogP contribution >= 0.6 is 0 Å². The van der Waals surface area contributed by atoms with E-state index < -0.39 is 17.8 Å². The van der Waals surface area contributed by atoms with E-state index in [0.29, 0.717) is 22.0 Å². The number of aromatic nitrogens is 3. The van der Waals surface area contributed by atoms with Crippen LogP contribution in [0.4, 0.5) is 0 Å². The Bertz CT molecular complexity index is 1160. The molecule has 3 aromatic rings. The molecule has 1 aliphatic heterocycles. The van der Waals surface area contributed by atoms with Gasteiger partial charge in [0.1, 0.15) is 0 Å². The quantitative estimate of drug-likeness (QED) is 0.635. The van der Waals surface area contributed by atoms with Crippen LogP contribution < -0.4 is 0 Å². The zero-order valence-electron chi connectivity index (χ0n) is 16.0. The van der Waals surface area contributed by atoms with Crippen LogP contribution in [0.15, 0.2) is 36.5 Å². The minimum Gasteiger partial charge on any atom is -0.324 e. The van der Waals surface area contributed by atoms with Crippen molar-refractivity contribution >= 4 is 28.8 Å². The standard InChI is InChI=1S/C21H18N4O4/c1-11(2)24-18-16(10-22-24)15(9-17(23-18)12-7-8-12)21(28)29-25-19(26)13-5-3-4-6-14(13)20(25)27/h3-6,9-12H,7-8H2,1-2H3. The molecule has 0 unspecified atom stereocenters. The summed E-state index contributed by atoms with van der Waals surface area (Å²) in [5, 5.41) is 5.41. The van der Waals surface area contributed by atoms with Crippen LogP contribution in [0.3, 0.4) is 0 Å². The summed E-state index contributed by atoms with van der Waals surface area (Å²) in [6.45, 7) is 3.96. The average Bonchev–Trinajstić information content (AvgIpc) is 3.43. The summed E-state index contributed by atoms with van der Waals surface area (Å²) in [6, 6.07) is 8.13. The summed E-state index contributed by atoms with van der Waals surface area (Å²) in [5.74, 6) is -1.77. The minimum absolute atomic E-state index is 0.0644. The van der Waals surface area contributed by atoms with Crippen molar-refractivity contribution in [3.8, 4) is 0 Å². The average molecular weight is 390 g/mol. The molecule has 0 N–H and O–H groups in total. The highest BCUT2D eigenvalue weighted by Gasteiger charge is 2.39. The van der Waals surface area contributed by atoms with Crippen LogP contribution in [0, 0.1) is 0 Å². The Morgan fingerprint density at radius 2 is 1.79 bits per heavy atom. The number of fused-ring (bicyclic) bond motifs is 2. The molecular weight excluding hydrogens is 372 g/mol. The van der Waals surface area contributed by atoms with Crippen LogP contribution in [-0.2, 0) is 4.84 Å². The third-order valence-corrected chi connectivity index (χ3v) is 5.22. The smallest absolute Gasteiger partial charge is 0.324 e. The third-order valence-electron chi connectivity index (χ3n) is 5.22. The Kier molecular flexibility index (Phi) is 3.77. The Morgan fingerprint density at radius 3 is 2.38 bits per heavy atom. The molecule has 0 bridgehead atoms. The van der Waals surface area contributed by atoms with Crippen LogP contribution in [0.1, 0.15) is 75.4 Å². The van der Waals surface area contributed by atoms with Gasteiger partial charge in [-0.2, -0.15) is 5.10 Å². The lowest BCUT2D eigenvalue weighted by Gasteiger charge is -2.14. The van der Waals surface area contributed by atoms with Crippen molar-refractivity contribution in [2.75, 3.05) is 0 Å². The van der Waals surface area contributed by atoms with Crippen LogP contribution in [0.2, 0.25) is 0 Å². The molecule has 8 nitrogen and oxygen atoms in total. The van der Waals surface area contributed by atoms with Crippen molar-refractivity contribution in [3.63, 3.8) is 0 Å². The van der Waals surface area contributed by atoms with Crippen molar-refractivity contribution in [2.24, 2.45) is 0 Å². The maximum atomic E-state index is 13.0. The molecule has 3 heterocycles. The fourth-order valence-electron chi connectivity index (χ4n) is 3.55. The Hall–Kier alpha value is -3.55. The second-order valence-electron chi connectivity index (χ2n) is 7.62. The highest BCUT2D eigenvalue weighted by Crippen LogP contribution is 2.40. The van der Waals surface area contributed by atoms with Crippen molar-refractivity contribution in [3.05, 3.63) is 58.9 Å². The first-order valence-electron chi connectivity index (χ1n) is 9.54. The van der Waals surface area contributed by atoms with Gasteiger partial charge in [-0.25, -0.2) is 14.5 Å². The lowest BCUT2D eigenvalue weighted by Crippen LogP contribution is -2.32. The summed E-state index contributed by atoms with van der Waals surface area (Å²) in [7, 11) is 0. The predicted molar refractivity (Wildman–Crippen MR) is 102 cm³/mol. The molecule has 2 aliphatic rings.